The van der Waals surface area contributed by atoms with Crippen LogP contribution in [-0.2, 0) is 4.79 Å². The Morgan fingerprint density at radius 2 is 2.05 bits per heavy atom. The molecule has 0 spiro atoms. The van der Waals surface area contributed by atoms with Crippen LogP contribution in [-0.4, -0.2) is 43.3 Å². The van der Waals surface area contributed by atoms with Gasteiger partial charge in [0, 0.05) is 17.4 Å². The molecule has 0 aliphatic rings. The Bertz CT molecular complexity index is 712. The number of imide groups is 1. The smallest absolute Gasteiger partial charge is 0.321 e. The quantitative estimate of drug-likeness (QED) is 0.817. The van der Waals surface area contributed by atoms with E-state index in [2.05, 4.69) is 25.7 Å². The third kappa shape index (κ3) is 4.17. The summed E-state index contributed by atoms with van der Waals surface area (Å²) in [6.07, 6.45) is 0. The molecule has 0 aliphatic carbocycles. The first-order valence-corrected chi connectivity index (χ1v) is 7.78. The zero-order valence-corrected chi connectivity index (χ0v) is 13.7. The molecule has 0 saturated heterocycles. The normalized spacial score (nSPS) is 11.0. The predicted octanol–water partition coefficient (Wildman–Crippen LogP) is 1.07. The first-order chi connectivity index (χ1) is 10.3. The molecule has 0 unspecified atom stereocenters. The van der Waals surface area contributed by atoms with Gasteiger partial charge in [-0.3, -0.25) is 10.1 Å². The van der Waals surface area contributed by atoms with Gasteiger partial charge in [-0.25, -0.2) is 14.3 Å². The number of aryl methyl sites for hydroxylation is 2. The summed E-state index contributed by atoms with van der Waals surface area (Å²) in [5.74, 6) is 0.154. The second kappa shape index (κ2) is 6.73. The van der Waals surface area contributed by atoms with Crippen LogP contribution in [0.4, 0.5) is 4.79 Å². The Morgan fingerprint density at radius 3 is 2.73 bits per heavy atom. The minimum atomic E-state index is -0.503. The van der Waals surface area contributed by atoms with Crippen molar-refractivity contribution in [3.63, 3.8) is 0 Å². The van der Waals surface area contributed by atoms with Gasteiger partial charge < -0.3 is 5.32 Å². The van der Waals surface area contributed by atoms with E-state index in [-0.39, 0.29) is 11.8 Å². The minimum absolute atomic E-state index is 0.0298. The molecule has 118 valence electrons. The number of thioether (sulfide) groups is 1. The molecule has 0 bridgehead atoms. The number of hydrogen-bond acceptors (Lipinski definition) is 6. The molecule has 22 heavy (non-hydrogen) atoms. The highest BCUT2D eigenvalue weighted by Gasteiger charge is 2.12. The summed E-state index contributed by atoms with van der Waals surface area (Å²) in [6, 6.07) is 1.37. The van der Waals surface area contributed by atoms with Crippen LogP contribution in [0.25, 0.3) is 5.78 Å². The molecule has 0 atom stereocenters. The number of carbonyl (C=O) groups is 2. The molecule has 2 N–H and O–H groups in total. The number of hydrogen-bond donors (Lipinski definition) is 2. The summed E-state index contributed by atoms with van der Waals surface area (Å²) < 4.78 is 1.62. The number of nitrogens with one attached hydrogen (secondary N) is 2. The Hall–Kier alpha value is -2.16. The van der Waals surface area contributed by atoms with Gasteiger partial charge in [0.05, 0.1) is 5.75 Å². The molecule has 0 saturated carbocycles. The van der Waals surface area contributed by atoms with Crippen LogP contribution in [0.3, 0.4) is 0 Å². The Kier molecular flexibility index (Phi) is 4.96. The molecule has 0 radical (unpaired) electrons. The van der Waals surface area contributed by atoms with Crippen LogP contribution in [0.2, 0.25) is 0 Å². The fraction of sp³-hybridized carbons (Fsp3) is 0.462. The largest absolute Gasteiger partial charge is 0.336 e. The van der Waals surface area contributed by atoms with Crippen LogP contribution in [0.5, 0.6) is 0 Å². The van der Waals surface area contributed by atoms with Gasteiger partial charge in [0.25, 0.3) is 5.78 Å². The van der Waals surface area contributed by atoms with Gasteiger partial charge in [0.15, 0.2) is 0 Å². The number of aromatic nitrogens is 4. The average molecular weight is 322 g/mol. The van der Waals surface area contributed by atoms with Gasteiger partial charge in [-0.1, -0.05) is 11.8 Å². The van der Waals surface area contributed by atoms with Crippen LogP contribution >= 0.6 is 11.8 Å². The third-order valence-electron chi connectivity index (χ3n) is 2.60. The van der Waals surface area contributed by atoms with E-state index in [4.69, 9.17) is 0 Å². The molecule has 0 aromatic carbocycles. The molecule has 2 rings (SSSR count). The molecule has 2 aromatic rings. The van der Waals surface area contributed by atoms with Crippen LogP contribution < -0.4 is 10.6 Å². The molecule has 8 nitrogen and oxygen atoms in total. The number of urea groups is 1. The number of nitrogens with zero attached hydrogens (tertiary/aromatic N) is 4. The van der Waals surface area contributed by atoms with Crippen molar-refractivity contribution in [2.45, 2.75) is 38.9 Å². The highest BCUT2D eigenvalue weighted by Crippen LogP contribution is 2.14. The number of rotatable bonds is 4. The summed E-state index contributed by atoms with van der Waals surface area (Å²) in [4.78, 5) is 31.6. The van der Waals surface area contributed by atoms with Gasteiger partial charge in [-0.05, 0) is 33.8 Å². The second-order valence-electron chi connectivity index (χ2n) is 5.11. The zero-order chi connectivity index (χ0) is 16.3. The van der Waals surface area contributed by atoms with Crippen LogP contribution in [0, 0.1) is 13.8 Å². The Labute approximate surface area is 132 Å². The summed E-state index contributed by atoms with van der Waals surface area (Å²) >= 11 is 1.15. The highest BCUT2D eigenvalue weighted by atomic mass is 32.2. The van der Waals surface area contributed by atoms with E-state index >= 15 is 0 Å². The van der Waals surface area contributed by atoms with E-state index in [1.54, 1.807) is 4.52 Å². The van der Waals surface area contributed by atoms with Gasteiger partial charge >= 0.3 is 6.03 Å². The Balaban J connectivity index is 1.96. The predicted molar refractivity (Wildman–Crippen MR) is 82.8 cm³/mol. The fourth-order valence-electron chi connectivity index (χ4n) is 1.80. The van der Waals surface area contributed by atoms with E-state index in [9.17, 15) is 9.59 Å². The van der Waals surface area contributed by atoms with Crippen molar-refractivity contribution in [3.8, 4) is 0 Å². The monoisotopic (exact) mass is 322 g/mol. The first kappa shape index (κ1) is 16.2. The van der Waals surface area contributed by atoms with E-state index in [1.165, 1.54) is 0 Å². The molecule has 3 amide bonds. The SMILES string of the molecule is Cc1cc(C)n2nc(SCC(=O)NC(=O)NC(C)C)nc2n1. The van der Waals surface area contributed by atoms with E-state index in [1.807, 2.05) is 33.8 Å². The maximum atomic E-state index is 11.7. The topological polar surface area (TPSA) is 101 Å². The average Bonchev–Trinajstić information content (AvgIpc) is 2.78. The molecule has 2 aromatic heterocycles. The summed E-state index contributed by atoms with van der Waals surface area (Å²) in [7, 11) is 0. The van der Waals surface area contributed by atoms with Crippen molar-refractivity contribution in [2.75, 3.05) is 5.75 Å². The van der Waals surface area contributed by atoms with E-state index in [0.717, 1.165) is 23.1 Å². The number of fused-ring (bicyclic) bond motifs is 1. The van der Waals surface area contributed by atoms with Gasteiger partial charge in [-0.15, -0.1) is 5.10 Å². The maximum Gasteiger partial charge on any atom is 0.321 e. The second-order valence-corrected chi connectivity index (χ2v) is 6.05. The van der Waals surface area contributed by atoms with Crippen molar-refractivity contribution in [1.29, 1.82) is 0 Å². The van der Waals surface area contributed by atoms with Gasteiger partial charge in [0.1, 0.15) is 0 Å². The lowest BCUT2D eigenvalue weighted by Crippen LogP contribution is -2.43. The van der Waals surface area contributed by atoms with Crippen molar-refractivity contribution >= 4 is 29.5 Å². The van der Waals surface area contributed by atoms with Gasteiger partial charge in [0.2, 0.25) is 11.1 Å². The molecular formula is C13H18N6O2S. The fourth-order valence-corrected chi connectivity index (χ4v) is 2.42. The van der Waals surface area contributed by atoms with E-state index < -0.39 is 11.9 Å². The third-order valence-corrected chi connectivity index (χ3v) is 3.44. The van der Waals surface area contributed by atoms with E-state index in [0.29, 0.717) is 10.9 Å². The molecule has 0 fully saturated rings. The molecule has 2 heterocycles. The van der Waals surface area contributed by atoms with Crippen molar-refractivity contribution in [3.05, 3.63) is 17.5 Å². The maximum absolute atomic E-state index is 11.7. The minimum Gasteiger partial charge on any atom is -0.336 e. The Morgan fingerprint density at radius 1 is 1.32 bits per heavy atom. The zero-order valence-electron chi connectivity index (χ0n) is 12.9. The summed E-state index contributed by atoms with van der Waals surface area (Å²) in [5.41, 5.74) is 1.78. The molecular weight excluding hydrogens is 304 g/mol. The van der Waals surface area contributed by atoms with Crippen molar-refractivity contribution in [1.82, 2.24) is 30.2 Å². The highest BCUT2D eigenvalue weighted by molar-refractivity contribution is 7.99. The first-order valence-electron chi connectivity index (χ1n) is 6.79. The van der Waals surface area contributed by atoms with Gasteiger partial charge in [-0.2, -0.15) is 4.98 Å². The van der Waals surface area contributed by atoms with Crippen LogP contribution in [0.15, 0.2) is 11.2 Å². The molecule has 9 heteroatoms. The summed E-state index contributed by atoms with van der Waals surface area (Å²) in [6.45, 7) is 7.43. The lowest BCUT2D eigenvalue weighted by molar-refractivity contribution is -0.117. The lowest BCUT2D eigenvalue weighted by Gasteiger charge is -2.08. The van der Waals surface area contributed by atoms with Crippen molar-refractivity contribution in [2.24, 2.45) is 0 Å². The number of amides is 3. The summed E-state index contributed by atoms with van der Waals surface area (Å²) in [5, 5.41) is 9.55. The standard InChI is InChI=1S/C13H18N6O2S/c1-7(2)14-12(21)16-10(20)6-22-13-17-11-15-8(3)5-9(4)19(11)18-13/h5,7H,6H2,1-4H3,(H2,14,16,20,21). The van der Waals surface area contributed by atoms with Crippen LogP contribution in [0.1, 0.15) is 25.2 Å². The molecule has 0 aliphatic heterocycles. The lowest BCUT2D eigenvalue weighted by atomic mass is 10.4. The van der Waals surface area contributed by atoms with Crippen molar-refractivity contribution < 1.29 is 9.59 Å². The number of carbonyl (C=O) groups excluding carboxylic acids is 2.